The molecular weight excluding hydrogens is 336 g/mol. The Morgan fingerprint density at radius 3 is 2.60 bits per heavy atom. The number of hydrogen-bond acceptors (Lipinski definition) is 6. The molecule has 6 nitrogen and oxygen atoms in total. The molecule has 0 aromatic carbocycles. The standard InChI is InChI=1S/C18H30N4O2S/c1-5-24-15-10-18(19,17(15,3)4)16(23)22-8-6-21(7-9-22)11-14-12-25-13(2)20-14/h12,15H,5-11,19H2,1-4H3. The van der Waals surface area contributed by atoms with Gasteiger partial charge in [-0.05, 0) is 13.8 Å². The molecule has 1 amide bonds. The third kappa shape index (κ3) is 3.35. The maximum Gasteiger partial charge on any atom is 0.243 e. The minimum Gasteiger partial charge on any atom is -0.378 e. The van der Waals surface area contributed by atoms with E-state index in [0.29, 0.717) is 13.0 Å². The molecule has 1 aromatic heterocycles. The smallest absolute Gasteiger partial charge is 0.243 e. The summed E-state index contributed by atoms with van der Waals surface area (Å²) in [6, 6.07) is 0. The number of rotatable bonds is 5. The van der Waals surface area contributed by atoms with Crippen LogP contribution in [0.2, 0.25) is 0 Å². The van der Waals surface area contributed by atoms with Crippen LogP contribution in [0.4, 0.5) is 0 Å². The number of aryl methyl sites for hydroxylation is 1. The Bertz CT molecular complexity index is 624. The largest absolute Gasteiger partial charge is 0.378 e. The van der Waals surface area contributed by atoms with Crippen LogP contribution in [0.5, 0.6) is 0 Å². The van der Waals surface area contributed by atoms with Crippen molar-refractivity contribution in [1.82, 2.24) is 14.8 Å². The number of nitrogens with two attached hydrogens (primary N) is 1. The van der Waals surface area contributed by atoms with E-state index in [-0.39, 0.29) is 17.4 Å². The van der Waals surface area contributed by atoms with Crippen LogP contribution in [-0.4, -0.2) is 65.1 Å². The molecule has 2 N–H and O–H groups in total. The van der Waals surface area contributed by atoms with Crippen LogP contribution in [0.15, 0.2) is 5.38 Å². The van der Waals surface area contributed by atoms with Crippen molar-refractivity contribution in [2.24, 2.45) is 11.1 Å². The molecule has 2 aliphatic rings. The summed E-state index contributed by atoms with van der Waals surface area (Å²) >= 11 is 1.69. The molecule has 1 aliphatic carbocycles. The molecule has 2 fully saturated rings. The first-order valence-corrected chi connectivity index (χ1v) is 9.99. The molecule has 2 atom stereocenters. The van der Waals surface area contributed by atoms with Gasteiger partial charge in [0.05, 0.1) is 16.8 Å². The molecule has 2 heterocycles. The molecule has 2 unspecified atom stereocenters. The molecule has 0 bridgehead atoms. The number of carbonyl (C=O) groups is 1. The van der Waals surface area contributed by atoms with Gasteiger partial charge in [-0.25, -0.2) is 4.98 Å². The fraction of sp³-hybridized carbons (Fsp3) is 0.778. The average molecular weight is 367 g/mol. The zero-order valence-electron chi connectivity index (χ0n) is 15.7. The first-order chi connectivity index (χ1) is 11.8. The van der Waals surface area contributed by atoms with E-state index < -0.39 is 5.54 Å². The van der Waals surface area contributed by atoms with Crippen LogP contribution >= 0.6 is 11.3 Å². The number of thiazole rings is 1. The number of nitrogens with zero attached hydrogens (tertiary/aromatic N) is 3. The Kier molecular flexibility index (Phi) is 5.21. The number of ether oxygens (including phenoxy) is 1. The topological polar surface area (TPSA) is 71.7 Å². The second-order valence-electron chi connectivity index (χ2n) is 7.77. The first-order valence-electron chi connectivity index (χ1n) is 9.11. The zero-order valence-corrected chi connectivity index (χ0v) is 16.6. The zero-order chi connectivity index (χ0) is 18.2. The van der Waals surface area contributed by atoms with Crippen LogP contribution in [0.3, 0.4) is 0 Å². The average Bonchev–Trinajstić information content (AvgIpc) is 2.99. The van der Waals surface area contributed by atoms with E-state index in [1.807, 2.05) is 18.7 Å². The van der Waals surface area contributed by atoms with Gasteiger partial charge in [-0.1, -0.05) is 13.8 Å². The monoisotopic (exact) mass is 366 g/mol. The maximum atomic E-state index is 13.1. The van der Waals surface area contributed by atoms with Gasteiger partial charge < -0.3 is 15.4 Å². The van der Waals surface area contributed by atoms with Crippen LogP contribution in [0, 0.1) is 12.3 Å². The Morgan fingerprint density at radius 1 is 1.40 bits per heavy atom. The number of carbonyl (C=O) groups excluding carboxylic acids is 1. The van der Waals surface area contributed by atoms with Gasteiger partial charge in [-0.2, -0.15) is 0 Å². The van der Waals surface area contributed by atoms with Crippen molar-refractivity contribution in [3.8, 4) is 0 Å². The van der Waals surface area contributed by atoms with Crippen LogP contribution in [-0.2, 0) is 16.1 Å². The molecule has 1 saturated carbocycles. The summed E-state index contributed by atoms with van der Waals surface area (Å²) in [5, 5.41) is 3.22. The second kappa shape index (κ2) is 6.95. The van der Waals surface area contributed by atoms with Crippen molar-refractivity contribution in [1.29, 1.82) is 0 Å². The molecule has 1 saturated heterocycles. The third-order valence-electron chi connectivity index (χ3n) is 5.92. The summed E-state index contributed by atoms with van der Waals surface area (Å²) in [5.74, 6) is 0.0811. The third-order valence-corrected chi connectivity index (χ3v) is 6.75. The van der Waals surface area contributed by atoms with Crippen molar-refractivity contribution in [3.63, 3.8) is 0 Å². The summed E-state index contributed by atoms with van der Waals surface area (Å²) in [6.45, 7) is 12.8. The molecule has 1 aromatic rings. The van der Waals surface area contributed by atoms with E-state index in [1.54, 1.807) is 11.3 Å². The quantitative estimate of drug-likeness (QED) is 0.857. The van der Waals surface area contributed by atoms with Gasteiger partial charge in [0.2, 0.25) is 5.91 Å². The van der Waals surface area contributed by atoms with Crippen molar-refractivity contribution < 1.29 is 9.53 Å². The highest BCUT2D eigenvalue weighted by Crippen LogP contribution is 2.50. The Morgan fingerprint density at radius 2 is 2.08 bits per heavy atom. The van der Waals surface area contributed by atoms with Crippen molar-refractivity contribution >= 4 is 17.2 Å². The van der Waals surface area contributed by atoms with Crippen LogP contribution < -0.4 is 5.73 Å². The predicted molar refractivity (Wildman–Crippen MR) is 99.4 cm³/mol. The van der Waals surface area contributed by atoms with Gasteiger partial charge in [-0.15, -0.1) is 11.3 Å². The molecule has 25 heavy (non-hydrogen) atoms. The van der Waals surface area contributed by atoms with Crippen LogP contribution in [0.1, 0.15) is 37.9 Å². The van der Waals surface area contributed by atoms with Crippen molar-refractivity contribution in [2.45, 2.75) is 52.3 Å². The van der Waals surface area contributed by atoms with E-state index in [4.69, 9.17) is 10.5 Å². The lowest BCUT2D eigenvalue weighted by Crippen LogP contribution is -2.76. The Balaban J connectivity index is 1.55. The highest BCUT2D eigenvalue weighted by molar-refractivity contribution is 7.09. The van der Waals surface area contributed by atoms with Gasteiger partial charge in [0.25, 0.3) is 0 Å². The Hall–Kier alpha value is -1.02. The van der Waals surface area contributed by atoms with E-state index >= 15 is 0 Å². The lowest BCUT2D eigenvalue weighted by Gasteiger charge is -2.59. The minimum atomic E-state index is -0.805. The number of piperazine rings is 1. The van der Waals surface area contributed by atoms with Crippen LogP contribution in [0.25, 0.3) is 0 Å². The van der Waals surface area contributed by atoms with Gasteiger partial charge in [0, 0.05) is 56.5 Å². The lowest BCUT2D eigenvalue weighted by atomic mass is 9.54. The highest BCUT2D eigenvalue weighted by Gasteiger charge is 2.63. The summed E-state index contributed by atoms with van der Waals surface area (Å²) in [6.07, 6.45) is 0.686. The Labute approximate surface area is 154 Å². The first kappa shape index (κ1) is 18.8. The van der Waals surface area contributed by atoms with Crippen molar-refractivity contribution in [3.05, 3.63) is 16.1 Å². The summed E-state index contributed by atoms with van der Waals surface area (Å²) in [5.41, 5.74) is 6.54. The van der Waals surface area contributed by atoms with E-state index in [2.05, 4.69) is 29.1 Å². The number of hydrogen-bond donors (Lipinski definition) is 1. The summed E-state index contributed by atoms with van der Waals surface area (Å²) < 4.78 is 5.75. The van der Waals surface area contributed by atoms with Gasteiger partial charge in [0.1, 0.15) is 5.54 Å². The molecular formula is C18H30N4O2S. The fourth-order valence-electron chi connectivity index (χ4n) is 3.90. The molecule has 3 rings (SSSR count). The second-order valence-corrected chi connectivity index (χ2v) is 8.83. The number of amides is 1. The number of aromatic nitrogens is 1. The lowest BCUT2D eigenvalue weighted by molar-refractivity contribution is -0.180. The molecule has 7 heteroatoms. The molecule has 0 spiro atoms. The SMILES string of the molecule is CCOC1CC(N)(C(=O)N2CCN(Cc3csc(C)n3)CC2)C1(C)C. The maximum absolute atomic E-state index is 13.1. The summed E-state index contributed by atoms with van der Waals surface area (Å²) in [7, 11) is 0. The van der Waals surface area contributed by atoms with Crippen molar-refractivity contribution in [2.75, 3.05) is 32.8 Å². The fourth-order valence-corrected chi connectivity index (χ4v) is 4.50. The normalized spacial score (nSPS) is 29.5. The highest BCUT2D eigenvalue weighted by atomic mass is 32.1. The molecule has 0 radical (unpaired) electrons. The van der Waals surface area contributed by atoms with E-state index in [0.717, 1.165) is 43.4 Å². The van der Waals surface area contributed by atoms with Gasteiger partial charge >= 0.3 is 0 Å². The van der Waals surface area contributed by atoms with Gasteiger partial charge in [0.15, 0.2) is 0 Å². The van der Waals surface area contributed by atoms with E-state index in [1.165, 1.54) is 0 Å². The predicted octanol–water partition coefficient (Wildman–Crippen LogP) is 1.63. The molecule has 140 valence electrons. The molecule has 1 aliphatic heterocycles. The summed E-state index contributed by atoms with van der Waals surface area (Å²) in [4.78, 5) is 21.9. The minimum absolute atomic E-state index is 0.0700. The van der Waals surface area contributed by atoms with E-state index in [9.17, 15) is 4.79 Å². The van der Waals surface area contributed by atoms with Gasteiger partial charge in [-0.3, -0.25) is 9.69 Å².